The van der Waals surface area contributed by atoms with Gasteiger partial charge in [0.1, 0.15) is 6.15 Å². The van der Waals surface area contributed by atoms with E-state index in [4.69, 9.17) is 0 Å². The van der Waals surface area contributed by atoms with E-state index in [2.05, 4.69) is 200 Å². The molecule has 0 nitrogen and oxygen atoms in total. The Bertz CT molecular complexity index is 1080. The molecule has 4 rings (SSSR count). The van der Waals surface area contributed by atoms with Gasteiger partial charge in [-0.15, -0.1) is 0 Å². The summed E-state index contributed by atoms with van der Waals surface area (Å²) in [6, 6.07) is 25.9. The van der Waals surface area contributed by atoms with Gasteiger partial charge in [0.05, 0.1) is 0 Å². The average molecular weight is 973 g/mol. The first-order valence-corrected chi connectivity index (χ1v) is 15.9. The van der Waals surface area contributed by atoms with Crippen LogP contribution in [0, 0.1) is 0 Å². The van der Waals surface area contributed by atoms with E-state index in [-0.39, 0.29) is 29.6 Å². The number of hydrogen-bond acceptors (Lipinski definition) is 0. The van der Waals surface area contributed by atoms with Crippen molar-refractivity contribution < 1.29 is 29.6 Å². The van der Waals surface area contributed by atoms with Crippen LogP contribution in [0.25, 0.3) is 0 Å². The van der Waals surface area contributed by atoms with Crippen molar-refractivity contribution in [2.75, 3.05) is 0 Å². The third-order valence-electron chi connectivity index (χ3n) is 5.54. The quantitative estimate of drug-likeness (QED) is 0.215. The second kappa shape index (κ2) is 12.8. The van der Waals surface area contributed by atoms with E-state index in [0.717, 1.165) is 35.8 Å². The van der Waals surface area contributed by atoms with Crippen LogP contribution in [0.2, 0.25) is 0 Å². The van der Waals surface area contributed by atoms with Gasteiger partial charge in [-0.3, -0.25) is 0 Å². The first-order valence-electron chi connectivity index (χ1n) is 9.59. The van der Waals surface area contributed by atoms with Crippen LogP contribution in [-0.2, 0) is 0 Å². The molecule has 0 aliphatic rings. The van der Waals surface area contributed by atoms with Gasteiger partial charge >= 0.3 is 29.6 Å². The molecule has 4 aromatic carbocycles. The Labute approximate surface area is 289 Å². The van der Waals surface area contributed by atoms with Crippen molar-refractivity contribution in [3.05, 3.63) is 109 Å². The third kappa shape index (κ3) is 6.67. The number of hydrogen-bond donors (Lipinski definition) is 0. The Hall–Kier alpha value is 1.78. The summed E-state index contributed by atoms with van der Waals surface area (Å²) in [5, 5.41) is 0. The molecule has 0 bridgehead atoms. The fraction of sp³-hybridized carbons (Fsp3) is 0. The zero-order valence-electron chi connectivity index (χ0n) is 17.5. The zero-order chi connectivity index (χ0) is 23.9. The largest absolute Gasteiger partial charge is 1.00 e. The summed E-state index contributed by atoms with van der Waals surface area (Å²) in [5.41, 5.74) is 4.71. The summed E-state index contributed by atoms with van der Waals surface area (Å²) in [7, 11) is 0. The van der Waals surface area contributed by atoms with E-state index in [1.807, 2.05) is 0 Å². The molecule has 0 atom stereocenters. The van der Waals surface area contributed by atoms with Crippen LogP contribution in [0.3, 0.4) is 0 Å². The van der Waals surface area contributed by atoms with Gasteiger partial charge in [-0.25, -0.2) is 0 Å². The molecule has 0 N–H and O–H groups in total. The Kier molecular flexibility index (Phi) is 11.4. The maximum absolute atomic E-state index is 3.73. The minimum atomic E-state index is -1.61. The molecule has 0 saturated carbocycles. The van der Waals surface area contributed by atoms with Crippen LogP contribution in [-0.4, -0.2) is 6.15 Å². The van der Waals surface area contributed by atoms with Crippen LogP contribution in [0.4, 0.5) is 0 Å². The van der Waals surface area contributed by atoms with Crippen molar-refractivity contribution in [2.24, 2.45) is 0 Å². The Morgan fingerprint density at radius 3 is 0.588 bits per heavy atom. The van der Waals surface area contributed by atoms with Crippen molar-refractivity contribution in [2.45, 2.75) is 0 Å². The van der Waals surface area contributed by atoms with Gasteiger partial charge in [-0.05, 0) is 24.3 Å². The van der Waals surface area contributed by atoms with Gasteiger partial charge in [0.15, 0.2) is 0 Å². The summed E-state index contributed by atoms with van der Waals surface area (Å²) < 4.78 is 8.08. The van der Waals surface area contributed by atoms with Crippen molar-refractivity contribution in [1.29, 1.82) is 0 Å². The van der Waals surface area contributed by atoms with Crippen molar-refractivity contribution in [1.82, 2.24) is 0 Å². The van der Waals surface area contributed by atoms with Gasteiger partial charge in [0.2, 0.25) is 0 Å². The molecule has 4 aromatic rings. The van der Waals surface area contributed by atoms with Crippen LogP contribution < -0.4 is 51.4 Å². The fourth-order valence-electron chi connectivity index (χ4n) is 4.46. The second-order valence-electron chi connectivity index (χ2n) is 7.68. The standard InChI is InChI=1S/C24H12BBr8.Na/c26-17-1-13(2-18(27)9-17)25(14-3-19(28)10-20(29)4-14,15-5-21(30)11-22(31)6-15)16-7-23(32)12-24(33)8-16;/h1-12H;/q-1;+1. The first-order chi connectivity index (χ1) is 15.6. The van der Waals surface area contributed by atoms with Crippen LogP contribution in [0.5, 0.6) is 0 Å². The Morgan fingerprint density at radius 2 is 0.441 bits per heavy atom. The molecule has 0 saturated heterocycles. The van der Waals surface area contributed by atoms with Crippen molar-refractivity contribution in [3.63, 3.8) is 0 Å². The maximum atomic E-state index is 3.73. The predicted molar refractivity (Wildman–Crippen MR) is 172 cm³/mol. The topological polar surface area (TPSA) is 0 Å². The molecule has 168 valence electrons. The van der Waals surface area contributed by atoms with E-state index in [9.17, 15) is 0 Å². The molecule has 0 fully saturated rings. The molecule has 0 spiro atoms. The van der Waals surface area contributed by atoms with Crippen LogP contribution in [0.1, 0.15) is 0 Å². The van der Waals surface area contributed by atoms with E-state index in [1.54, 1.807) is 0 Å². The Morgan fingerprint density at radius 1 is 0.294 bits per heavy atom. The average Bonchev–Trinajstić information content (AvgIpc) is 2.65. The van der Waals surface area contributed by atoms with E-state index in [1.165, 1.54) is 21.9 Å². The fourth-order valence-corrected chi connectivity index (χ4v) is 9.77. The predicted octanol–water partition coefficient (Wildman–Crippen LogP) is 6.17. The van der Waals surface area contributed by atoms with Gasteiger partial charge in [-0.1, -0.05) is 176 Å². The molecule has 0 unspecified atom stereocenters. The summed E-state index contributed by atoms with van der Waals surface area (Å²) in [6.45, 7) is 0. The summed E-state index contributed by atoms with van der Waals surface area (Å²) in [5.74, 6) is 0. The minimum absolute atomic E-state index is 0. The SMILES string of the molecule is Brc1cc(Br)cc([B-](c2cc(Br)cc(Br)c2)(c2cc(Br)cc(Br)c2)c2cc(Br)cc(Br)c2)c1.[Na+]. The number of benzene rings is 4. The molecule has 0 aliphatic heterocycles. The van der Waals surface area contributed by atoms with Crippen molar-refractivity contribution in [3.8, 4) is 0 Å². The van der Waals surface area contributed by atoms with Gasteiger partial charge in [-0.2, -0.15) is 21.9 Å². The monoisotopic (exact) mass is 965 g/mol. The van der Waals surface area contributed by atoms with Gasteiger partial charge < -0.3 is 0 Å². The van der Waals surface area contributed by atoms with Crippen LogP contribution >= 0.6 is 127 Å². The zero-order valence-corrected chi connectivity index (χ0v) is 32.2. The second-order valence-corrected chi connectivity index (χ2v) is 15.0. The maximum Gasteiger partial charge on any atom is 1.00 e. The Balaban J connectivity index is 0.00000324. The van der Waals surface area contributed by atoms with E-state index >= 15 is 0 Å². The smallest absolute Gasteiger partial charge is 0.193 e. The molecule has 34 heavy (non-hydrogen) atoms. The molecule has 0 aliphatic carbocycles. The molecule has 0 amide bonds. The van der Waals surface area contributed by atoms with Crippen molar-refractivity contribution >= 4 is 155 Å². The number of halogens is 8. The van der Waals surface area contributed by atoms with E-state index in [0.29, 0.717) is 0 Å². The molecular formula is C24H12BBr8Na. The number of rotatable bonds is 4. The molecule has 10 heteroatoms. The summed E-state index contributed by atoms with van der Waals surface area (Å²) in [4.78, 5) is 0. The third-order valence-corrected chi connectivity index (χ3v) is 9.20. The van der Waals surface area contributed by atoms with Crippen LogP contribution in [0.15, 0.2) is 109 Å². The normalized spacial score (nSPS) is 11.3. The first kappa shape index (κ1) is 30.3. The van der Waals surface area contributed by atoms with E-state index < -0.39 is 6.15 Å². The molecular weight excluding hydrogens is 961 g/mol. The van der Waals surface area contributed by atoms with Gasteiger partial charge in [0, 0.05) is 35.8 Å². The van der Waals surface area contributed by atoms with Gasteiger partial charge in [0.25, 0.3) is 0 Å². The summed E-state index contributed by atoms with van der Waals surface area (Å²) in [6.07, 6.45) is -1.61. The molecule has 0 heterocycles. The molecule has 0 aromatic heterocycles. The summed E-state index contributed by atoms with van der Waals surface area (Å²) >= 11 is 29.9. The molecule has 0 radical (unpaired) electrons. The minimum Gasteiger partial charge on any atom is -0.193 e.